The fourth-order valence-corrected chi connectivity index (χ4v) is 1.43. The minimum Gasteiger partial charge on any atom is -0.481 e. The topological polar surface area (TPSA) is 50.4 Å². The number of aliphatic carboxylic acids is 1. The van der Waals surface area contributed by atoms with Gasteiger partial charge in [-0.05, 0) is 12.1 Å². The molecule has 1 heterocycles. The summed E-state index contributed by atoms with van der Waals surface area (Å²) in [6.45, 7) is 0. The Morgan fingerprint density at radius 2 is 2.27 bits per heavy atom. The van der Waals surface area contributed by atoms with Gasteiger partial charge in [0.2, 0.25) is 0 Å². The molecule has 0 radical (unpaired) electrons. The number of furan rings is 1. The van der Waals surface area contributed by atoms with Crippen LogP contribution < -0.4 is 0 Å². The van der Waals surface area contributed by atoms with Crippen molar-refractivity contribution in [3.8, 4) is 0 Å². The second-order valence-corrected chi connectivity index (χ2v) is 3.26. The second kappa shape index (κ2) is 3.73. The Hall–Kier alpha value is -1.84. The molecule has 2 rings (SSSR count). The van der Waals surface area contributed by atoms with Crippen molar-refractivity contribution in [1.29, 1.82) is 0 Å². The number of aryl methyl sites for hydroxylation is 1. The summed E-state index contributed by atoms with van der Waals surface area (Å²) in [6.07, 6.45) is 0.269. The Kier molecular flexibility index (Phi) is 2.41. The van der Waals surface area contributed by atoms with Crippen LogP contribution in [0.3, 0.4) is 0 Å². The number of hydrogen-bond acceptors (Lipinski definition) is 2. The number of para-hydroxylation sites is 1. The Labute approximate surface area is 85.1 Å². The van der Waals surface area contributed by atoms with Crippen LogP contribution in [0.15, 0.2) is 28.7 Å². The van der Waals surface area contributed by atoms with Gasteiger partial charge in [0.1, 0.15) is 5.76 Å². The largest absolute Gasteiger partial charge is 0.481 e. The summed E-state index contributed by atoms with van der Waals surface area (Å²) in [7, 11) is 0. The quantitative estimate of drug-likeness (QED) is 0.843. The third kappa shape index (κ3) is 1.98. The molecule has 0 atom stereocenters. The smallest absolute Gasteiger partial charge is 0.303 e. The molecule has 15 heavy (non-hydrogen) atoms. The zero-order valence-electron chi connectivity index (χ0n) is 7.87. The number of halogens is 1. The van der Waals surface area contributed by atoms with Crippen molar-refractivity contribution < 1.29 is 18.7 Å². The highest BCUT2D eigenvalue weighted by molar-refractivity contribution is 5.78. The fourth-order valence-electron chi connectivity index (χ4n) is 1.43. The maximum Gasteiger partial charge on any atom is 0.303 e. The van der Waals surface area contributed by atoms with Gasteiger partial charge in [0, 0.05) is 11.8 Å². The molecule has 0 spiro atoms. The summed E-state index contributed by atoms with van der Waals surface area (Å²) in [5.41, 5.74) is 0.192. The van der Waals surface area contributed by atoms with Crippen molar-refractivity contribution >= 4 is 16.9 Å². The Morgan fingerprint density at radius 1 is 1.47 bits per heavy atom. The van der Waals surface area contributed by atoms with E-state index < -0.39 is 11.8 Å². The molecule has 1 N–H and O–H groups in total. The average molecular weight is 208 g/mol. The van der Waals surface area contributed by atoms with E-state index in [0.29, 0.717) is 11.1 Å². The van der Waals surface area contributed by atoms with Crippen LogP contribution in [0.5, 0.6) is 0 Å². The molecular weight excluding hydrogens is 199 g/mol. The van der Waals surface area contributed by atoms with Gasteiger partial charge in [0.25, 0.3) is 0 Å². The van der Waals surface area contributed by atoms with Gasteiger partial charge in [0.15, 0.2) is 11.4 Å². The third-order valence-electron chi connectivity index (χ3n) is 2.13. The van der Waals surface area contributed by atoms with E-state index in [9.17, 15) is 9.18 Å². The number of carbonyl (C=O) groups is 1. The molecular formula is C11H9FO3. The molecule has 78 valence electrons. The van der Waals surface area contributed by atoms with Crippen LogP contribution in [0.1, 0.15) is 12.2 Å². The van der Waals surface area contributed by atoms with E-state index >= 15 is 0 Å². The summed E-state index contributed by atoms with van der Waals surface area (Å²) >= 11 is 0. The lowest BCUT2D eigenvalue weighted by Crippen LogP contribution is -1.95. The molecule has 0 unspecified atom stereocenters. The van der Waals surface area contributed by atoms with Gasteiger partial charge in [-0.2, -0.15) is 0 Å². The van der Waals surface area contributed by atoms with E-state index in [-0.39, 0.29) is 18.4 Å². The molecule has 2 aromatic rings. The molecule has 0 saturated carbocycles. The summed E-state index contributed by atoms with van der Waals surface area (Å²) in [5, 5.41) is 9.15. The van der Waals surface area contributed by atoms with Crippen molar-refractivity contribution in [3.05, 3.63) is 35.8 Å². The van der Waals surface area contributed by atoms with Crippen LogP contribution in [0, 0.1) is 5.82 Å². The summed E-state index contributed by atoms with van der Waals surface area (Å²) in [4.78, 5) is 10.3. The zero-order chi connectivity index (χ0) is 10.8. The zero-order valence-corrected chi connectivity index (χ0v) is 7.87. The lowest BCUT2D eigenvalue weighted by atomic mass is 10.2. The highest BCUT2D eigenvalue weighted by Gasteiger charge is 2.08. The van der Waals surface area contributed by atoms with E-state index in [4.69, 9.17) is 9.52 Å². The van der Waals surface area contributed by atoms with E-state index in [1.54, 1.807) is 18.2 Å². The second-order valence-electron chi connectivity index (χ2n) is 3.26. The Balaban J connectivity index is 2.31. The highest BCUT2D eigenvalue weighted by Crippen LogP contribution is 2.22. The minimum atomic E-state index is -0.893. The number of carboxylic acids is 1. The highest BCUT2D eigenvalue weighted by atomic mass is 19.1. The summed E-state index contributed by atoms with van der Waals surface area (Å²) < 4.78 is 18.4. The number of fused-ring (bicyclic) bond motifs is 1. The Morgan fingerprint density at radius 3 is 2.93 bits per heavy atom. The molecule has 1 aromatic heterocycles. The summed E-state index contributed by atoms with van der Waals surface area (Å²) in [6, 6.07) is 6.30. The molecule has 0 aliphatic heterocycles. The van der Waals surface area contributed by atoms with Gasteiger partial charge in [0.05, 0.1) is 6.42 Å². The predicted octanol–water partition coefficient (Wildman–Crippen LogP) is 2.59. The molecule has 0 aliphatic carbocycles. The van der Waals surface area contributed by atoms with Gasteiger partial charge in [-0.25, -0.2) is 4.39 Å². The first-order valence-electron chi connectivity index (χ1n) is 4.55. The van der Waals surface area contributed by atoms with Gasteiger partial charge in [-0.1, -0.05) is 12.1 Å². The van der Waals surface area contributed by atoms with Gasteiger partial charge in [-0.3, -0.25) is 4.79 Å². The molecule has 4 heteroatoms. The van der Waals surface area contributed by atoms with Gasteiger partial charge in [-0.15, -0.1) is 0 Å². The average Bonchev–Trinajstić information content (AvgIpc) is 2.59. The van der Waals surface area contributed by atoms with Crippen molar-refractivity contribution in [3.63, 3.8) is 0 Å². The third-order valence-corrected chi connectivity index (χ3v) is 2.13. The van der Waals surface area contributed by atoms with Gasteiger partial charge >= 0.3 is 5.97 Å². The lowest BCUT2D eigenvalue weighted by Gasteiger charge is -1.91. The fraction of sp³-hybridized carbons (Fsp3) is 0.182. The normalized spacial score (nSPS) is 10.7. The number of benzene rings is 1. The van der Waals surface area contributed by atoms with Crippen LogP contribution in [0.25, 0.3) is 11.0 Å². The van der Waals surface area contributed by atoms with Crippen LogP contribution in [0.4, 0.5) is 4.39 Å². The van der Waals surface area contributed by atoms with Crippen LogP contribution >= 0.6 is 0 Å². The molecule has 1 aromatic carbocycles. The van der Waals surface area contributed by atoms with Crippen molar-refractivity contribution in [2.75, 3.05) is 0 Å². The lowest BCUT2D eigenvalue weighted by molar-refractivity contribution is -0.137. The molecule has 0 bridgehead atoms. The van der Waals surface area contributed by atoms with Crippen LogP contribution in [-0.2, 0) is 11.2 Å². The number of rotatable bonds is 3. The van der Waals surface area contributed by atoms with Crippen molar-refractivity contribution in [1.82, 2.24) is 0 Å². The first-order valence-corrected chi connectivity index (χ1v) is 4.55. The van der Waals surface area contributed by atoms with Crippen LogP contribution in [-0.4, -0.2) is 11.1 Å². The van der Waals surface area contributed by atoms with Crippen molar-refractivity contribution in [2.45, 2.75) is 12.8 Å². The van der Waals surface area contributed by atoms with E-state index in [0.717, 1.165) is 0 Å². The molecule has 0 amide bonds. The maximum atomic E-state index is 13.2. The van der Waals surface area contributed by atoms with E-state index in [1.807, 2.05) is 0 Å². The van der Waals surface area contributed by atoms with Crippen molar-refractivity contribution in [2.24, 2.45) is 0 Å². The molecule has 0 aliphatic rings. The first kappa shape index (κ1) is 9.71. The maximum absolute atomic E-state index is 13.2. The van der Waals surface area contributed by atoms with E-state index in [2.05, 4.69) is 0 Å². The van der Waals surface area contributed by atoms with E-state index in [1.165, 1.54) is 6.07 Å². The number of hydrogen-bond donors (Lipinski definition) is 1. The standard InChI is InChI=1S/C11H9FO3/c12-9-3-1-2-7-6-8(15-11(7)9)4-5-10(13)14/h1-3,6H,4-5H2,(H,13,14). The van der Waals surface area contributed by atoms with Gasteiger partial charge < -0.3 is 9.52 Å². The Bertz CT molecular complexity index is 502. The summed E-state index contributed by atoms with van der Waals surface area (Å²) in [5.74, 6) is -0.817. The van der Waals surface area contributed by atoms with Crippen LogP contribution in [0.2, 0.25) is 0 Å². The predicted molar refractivity (Wildman–Crippen MR) is 52.1 cm³/mol. The first-order chi connectivity index (χ1) is 7.16. The molecule has 0 saturated heterocycles. The SMILES string of the molecule is O=C(O)CCc1cc2cccc(F)c2o1. The molecule has 3 nitrogen and oxygen atoms in total. The monoisotopic (exact) mass is 208 g/mol. The molecule has 0 fully saturated rings. The number of carboxylic acid groups (broad SMARTS) is 1. The minimum absolute atomic E-state index is 0.0125.